The summed E-state index contributed by atoms with van der Waals surface area (Å²) in [6, 6.07) is 14.5. The van der Waals surface area contributed by atoms with Crippen LogP contribution in [0.4, 0.5) is 5.69 Å². The van der Waals surface area contributed by atoms with Crippen LogP contribution < -0.4 is 10.6 Å². The number of hydrogen-bond acceptors (Lipinski definition) is 8. The fraction of sp³-hybridized carbons (Fsp3) is 0.0435. The van der Waals surface area contributed by atoms with Crippen molar-refractivity contribution in [3.63, 3.8) is 0 Å². The van der Waals surface area contributed by atoms with Gasteiger partial charge in [-0.2, -0.15) is 0 Å². The molecule has 2 N–H and O–H groups in total. The molecule has 0 bridgehead atoms. The average Bonchev–Trinajstić information content (AvgIpc) is 3.54. The van der Waals surface area contributed by atoms with Crippen LogP contribution >= 0.6 is 22.7 Å². The van der Waals surface area contributed by atoms with Gasteiger partial charge in [-0.15, -0.1) is 22.7 Å². The third-order valence-corrected chi connectivity index (χ3v) is 7.79. The Labute approximate surface area is 204 Å². The molecule has 11 heteroatoms. The molecule has 0 saturated carbocycles. The number of anilines is 1. The van der Waals surface area contributed by atoms with E-state index in [0.717, 1.165) is 4.88 Å². The highest BCUT2D eigenvalue weighted by Gasteiger charge is 2.19. The standard InChI is InChI=1S/C23H18N4O4S3/c28-22(19(14-17-4-1-12-32-17)27-23(29)20-5-2-13-33-20)26-16-6-8-18(9-7-16)34(30,31)15-21-24-10-3-11-25-21/h1-14H,15H2,(H,26,28)(H,27,29)/b19-14+. The number of rotatable bonds is 8. The lowest BCUT2D eigenvalue weighted by atomic mass is 10.2. The van der Waals surface area contributed by atoms with E-state index >= 15 is 0 Å². The number of carbonyl (C=O) groups excluding carboxylic acids is 2. The lowest BCUT2D eigenvalue weighted by molar-refractivity contribution is -0.113. The second kappa shape index (κ2) is 10.5. The van der Waals surface area contributed by atoms with Crippen molar-refractivity contribution in [2.24, 2.45) is 0 Å². The van der Waals surface area contributed by atoms with Crippen LogP contribution in [0.3, 0.4) is 0 Å². The highest BCUT2D eigenvalue weighted by atomic mass is 32.2. The molecule has 2 amide bonds. The van der Waals surface area contributed by atoms with Crippen molar-refractivity contribution >= 4 is 56.1 Å². The minimum atomic E-state index is -3.65. The number of carbonyl (C=O) groups is 2. The molecule has 0 unspecified atom stereocenters. The van der Waals surface area contributed by atoms with E-state index in [1.54, 1.807) is 29.7 Å². The summed E-state index contributed by atoms with van der Waals surface area (Å²) in [5, 5.41) is 9.00. The smallest absolute Gasteiger partial charge is 0.272 e. The summed E-state index contributed by atoms with van der Waals surface area (Å²) in [4.78, 5) is 34.7. The van der Waals surface area contributed by atoms with Gasteiger partial charge in [-0.1, -0.05) is 12.1 Å². The largest absolute Gasteiger partial charge is 0.321 e. The van der Waals surface area contributed by atoms with Gasteiger partial charge in [0.1, 0.15) is 17.3 Å². The van der Waals surface area contributed by atoms with E-state index in [-0.39, 0.29) is 22.2 Å². The molecule has 34 heavy (non-hydrogen) atoms. The number of hydrogen-bond donors (Lipinski definition) is 2. The van der Waals surface area contributed by atoms with E-state index in [2.05, 4.69) is 20.6 Å². The molecule has 1 aromatic carbocycles. The molecule has 0 aliphatic heterocycles. The van der Waals surface area contributed by atoms with Crippen LogP contribution in [-0.2, 0) is 20.4 Å². The molecule has 4 rings (SSSR count). The molecule has 0 atom stereocenters. The summed E-state index contributed by atoms with van der Waals surface area (Å²) in [6.07, 6.45) is 4.55. The number of benzene rings is 1. The van der Waals surface area contributed by atoms with Gasteiger partial charge >= 0.3 is 0 Å². The van der Waals surface area contributed by atoms with Crippen molar-refractivity contribution in [3.8, 4) is 0 Å². The Kier molecular flexibility index (Phi) is 7.26. The number of sulfone groups is 1. The predicted molar refractivity (Wildman–Crippen MR) is 132 cm³/mol. The number of nitrogens with one attached hydrogen (secondary N) is 2. The second-order valence-electron chi connectivity index (χ2n) is 6.91. The molecule has 0 radical (unpaired) electrons. The first kappa shape index (κ1) is 23.5. The van der Waals surface area contributed by atoms with Gasteiger partial charge in [0.2, 0.25) is 0 Å². The summed E-state index contributed by atoms with van der Waals surface area (Å²) in [7, 11) is -3.65. The van der Waals surface area contributed by atoms with E-state index in [4.69, 9.17) is 0 Å². The Morgan fingerprint density at radius 2 is 1.62 bits per heavy atom. The molecule has 0 spiro atoms. The van der Waals surface area contributed by atoms with Gasteiger partial charge in [-0.3, -0.25) is 9.59 Å². The lowest BCUT2D eigenvalue weighted by Crippen LogP contribution is -2.30. The molecule has 3 aromatic heterocycles. The van der Waals surface area contributed by atoms with E-state index in [1.807, 2.05) is 17.5 Å². The van der Waals surface area contributed by atoms with Gasteiger partial charge in [0, 0.05) is 23.0 Å². The quantitative estimate of drug-likeness (QED) is 0.346. The predicted octanol–water partition coefficient (Wildman–Crippen LogP) is 3.98. The number of amides is 2. The van der Waals surface area contributed by atoms with Gasteiger partial charge in [0.05, 0.1) is 9.77 Å². The summed E-state index contributed by atoms with van der Waals surface area (Å²) in [5.74, 6) is -1.06. The van der Waals surface area contributed by atoms with E-state index < -0.39 is 21.7 Å². The highest BCUT2D eigenvalue weighted by Crippen LogP contribution is 2.19. The number of aromatic nitrogens is 2. The van der Waals surface area contributed by atoms with Gasteiger partial charge in [-0.25, -0.2) is 18.4 Å². The SMILES string of the molecule is O=C(Nc1ccc(S(=O)(=O)Cc2ncccn2)cc1)/C(=C\c1cccs1)NC(=O)c1cccs1. The monoisotopic (exact) mass is 510 g/mol. The van der Waals surface area contributed by atoms with Crippen LogP contribution in [0.2, 0.25) is 0 Å². The maximum atomic E-state index is 12.9. The fourth-order valence-corrected chi connectivity index (χ4v) is 5.35. The maximum Gasteiger partial charge on any atom is 0.272 e. The minimum Gasteiger partial charge on any atom is -0.321 e. The van der Waals surface area contributed by atoms with E-state index in [0.29, 0.717) is 10.6 Å². The average molecular weight is 511 g/mol. The first-order valence-corrected chi connectivity index (χ1v) is 13.3. The molecule has 0 aliphatic rings. The van der Waals surface area contributed by atoms with Crippen molar-refractivity contribution in [1.29, 1.82) is 0 Å². The first-order valence-electron chi connectivity index (χ1n) is 9.91. The highest BCUT2D eigenvalue weighted by molar-refractivity contribution is 7.90. The Morgan fingerprint density at radius 1 is 0.912 bits per heavy atom. The zero-order valence-electron chi connectivity index (χ0n) is 17.5. The normalized spacial score (nSPS) is 11.7. The van der Waals surface area contributed by atoms with Gasteiger partial charge in [0.15, 0.2) is 9.84 Å². The van der Waals surface area contributed by atoms with Crippen LogP contribution in [0.1, 0.15) is 20.4 Å². The Hall–Kier alpha value is -3.67. The van der Waals surface area contributed by atoms with Crippen LogP contribution in [-0.4, -0.2) is 30.2 Å². The second-order valence-corrected chi connectivity index (χ2v) is 10.8. The molecule has 172 valence electrons. The van der Waals surface area contributed by atoms with Crippen LogP contribution in [0.5, 0.6) is 0 Å². The Bertz CT molecular complexity index is 1400. The van der Waals surface area contributed by atoms with Crippen LogP contribution in [0.15, 0.2) is 88.3 Å². The van der Waals surface area contributed by atoms with Crippen molar-refractivity contribution in [2.45, 2.75) is 10.6 Å². The lowest BCUT2D eigenvalue weighted by Gasteiger charge is -2.11. The van der Waals surface area contributed by atoms with Crippen molar-refractivity contribution in [1.82, 2.24) is 15.3 Å². The summed E-state index contributed by atoms with van der Waals surface area (Å²) in [5.41, 5.74) is 0.445. The first-order chi connectivity index (χ1) is 16.4. The molecule has 8 nitrogen and oxygen atoms in total. The Morgan fingerprint density at radius 3 is 2.26 bits per heavy atom. The fourth-order valence-electron chi connectivity index (χ4n) is 2.87. The molecular weight excluding hydrogens is 492 g/mol. The number of nitrogens with zero attached hydrogens (tertiary/aromatic N) is 2. The van der Waals surface area contributed by atoms with E-state index in [9.17, 15) is 18.0 Å². The maximum absolute atomic E-state index is 12.9. The minimum absolute atomic E-state index is 0.0683. The summed E-state index contributed by atoms with van der Waals surface area (Å²) in [6.45, 7) is 0. The van der Waals surface area contributed by atoms with Crippen molar-refractivity contribution < 1.29 is 18.0 Å². The number of thiophene rings is 2. The molecule has 0 fully saturated rings. The van der Waals surface area contributed by atoms with Crippen molar-refractivity contribution in [2.75, 3.05) is 5.32 Å². The summed E-state index contributed by atoms with van der Waals surface area (Å²) >= 11 is 2.69. The van der Waals surface area contributed by atoms with Crippen LogP contribution in [0, 0.1) is 0 Å². The van der Waals surface area contributed by atoms with Crippen molar-refractivity contribution in [3.05, 3.63) is 99.0 Å². The molecule has 3 heterocycles. The molecular formula is C23H18N4O4S3. The zero-order valence-corrected chi connectivity index (χ0v) is 20.0. The topological polar surface area (TPSA) is 118 Å². The zero-order chi connectivity index (χ0) is 24.0. The third-order valence-electron chi connectivity index (χ3n) is 4.48. The molecule has 0 aliphatic carbocycles. The third kappa shape index (κ3) is 6.01. The van der Waals surface area contributed by atoms with E-state index in [1.165, 1.54) is 59.3 Å². The van der Waals surface area contributed by atoms with Gasteiger partial charge in [-0.05, 0) is 59.3 Å². The van der Waals surface area contributed by atoms with Gasteiger partial charge < -0.3 is 10.6 Å². The Balaban J connectivity index is 1.49. The molecule has 0 saturated heterocycles. The van der Waals surface area contributed by atoms with Gasteiger partial charge in [0.25, 0.3) is 11.8 Å². The summed E-state index contributed by atoms with van der Waals surface area (Å²) < 4.78 is 25.3. The van der Waals surface area contributed by atoms with Crippen LogP contribution in [0.25, 0.3) is 6.08 Å². The molecule has 4 aromatic rings.